The van der Waals surface area contributed by atoms with E-state index in [1.54, 1.807) is 16.8 Å². The molecule has 7 nitrogen and oxygen atoms in total. The fraction of sp³-hybridized carbons (Fsp3) is 0.500. The molecule has 0 saturated carbocycles. The number of halogens is 1. The first-order valence-corrected chi connectivity index (χ1v) is 8.84. The summed E-state index contributed by atoms with van der Waals surface area (Å²) in [4.78, 5) is 18.1. The molecule has 0 spiro atoms. The predicted octanol–water partition coefficient (Wildman–Crippen LogP) is 1.09. The van der Waals surface area contributed by atoms with Crippen molar-refractivity contribution in [2.24, 2.45) is 5.73 Å². The van der Waals surface area contributed by atoms with Crippen molar-refractivity contribution >= 4 is 5.91 Å². The third-order valence-electron chi connectivity index (χ3n) is 4.58. The van der Waals surface area contributed by atoms with Gasteiger partial charge in [-0.15, -0.1) is 0 Å². The largest absolute Gasteiger partial charge is 0.379 e. The lowest BCUT2D eigenvalue weighted by Gasteiger charge is -2.32. The second-order valence-corrected chi connectivity index (χ2v) is 6.51. The van der Waals surface area contributed by atoms with Crippen molar-refractivity contribution in [2.75, 3.05) is 26.3 Å². The zero-order chi connectivity index (χ0) is 18.5. The van der Waals surface area contributed by atoms with Gasteiger partial charge in [-0.25, -0.2) is 14.1 Å². The fourth-order valence-electron chi connectivity index (χ4n) is 3.11. The molecule has 1 aromatic heterocycles. The number of primary amides is 1. The van der Waals surface area contributed by atoms with Crippen LogP contribution in [0.3, 0.4) is 0 Å². The number of hydrogen-bond acceptors (Lipinski definition) is 5. The maximum atomic E-state index is 13.2. The average molecular weight is 361 g/mol. The van der Waals surface area contributed by atoms with Gasteiger partial charge in [0, 0.05) is 25.6 Å². The van der Waals surface area contributed by atoms with Crippen molar-refractivity contribution in [1.29, 1.82) is 0 Å². The summed E-state index contributed by atoms with van der Waals surface area (Å²) in [5, 5.41) is 4.39. The third kappa shape index (κ3) is 4.64. The number of benzene rings is 1. The summed E-state index contributed by atoms with van der Waals surface area (Å²) < 4.78 is 20.3. The Balaban J connectivity index is 1.76. The zero-order valence-electron chi connectivity index (χ0n) is 14.9. The van der Waals surface area contributed by atoms with E-state index in [1.165, 1.54) is 12.1 Å². The van der Waals surface area contributed by atoms with Gasteiger partial charge in [-0.3, -0.25) is 9.69 Å². The molecule has 1 aliphatic heterocycles. The first kappa shape index (κ1) is 18.5. The van der Waals surface area contributed by atoms with Gasteiger partial charge in [-0.05, 0) is 37.6 Å². The summed E-state index contributed by atoms with van der Waals surface area (Å²) in [5.74, 6) is 0.340. The molecule has 1 aliphatic rings. The molecule has 1 amide bonds. The molecule has 0 aliphatic carbocycles. The molecule has 3 rings (SSSR count). The Morgan fingerprint density at radius 3 is 2.65 bits per heavy atom. The van der Waals surface area contributed by atoms with Crippen LogP contribution >= 0.6 is 0 Å². The van der Waals surface area contributed by atoms with E-state index in [0.29, 0.717) is 24.0 Å². The van der Waals surface area contributed by atoms with Crippen molar-refractivity contribution in [1.82, 2.24) is 19.7 Å². The van der Waals surface area contributed by atoms with Crippen LogP contribution in [0.15, 0.2) is 24.3 Å². The second-order valence-electron chi connectivity index (χ2n) is 6.51. The van der Waals surface area contributed by atoms with E-state index in [1.807, 2.05) is 0 Å². The number of morpholine rings is 1. The highest BCUT2D eigenvalue weighted by Crippen LogP contribution is 2.15. The fourth-order valence-corrected chi connectivity index (χ4v) is 3.11. The topological polar surface area (TPSA) is 86.3 Å². The number of nitrogens with zero attached hydrogens (tertiary/aromatic N) is 4. The van der Waals surface area contributed by atoms with Gasteiger partial charge >= 0.3 is 0 Å². The molecule has 8 heteroatoms. The number of carbonyl (C=O) groups excluding carboxylic acids is 1. The minimum Gasteiger partial charge on any atom is -0.379 e. The second kappa shape index (κ2) is 8.37. The van der Waals surface area contributed by atoms with Gasteiger partial charge in [0.1, 0.15) is 11.6 Å². The van der Waals surface area contributed by atoms with Gasteiger partial charge in [0.05, 0.1) is 25.3 Å². The van der Waals surface area contributed by atoms with Crippen molar-refractivity contribution < 1.29 is 13.9 Å². The molecule has 140 valence electrons. The van der Waals surface area contributed by atoms with Crippen LogP contribution in [-0.4, -0.2) is 57.9 Å². The summed E-state index contributed by atoms with van der Waals surface area (Å²) in [6.07, 6.45) is 1.58. The molecule has 2 N–H and O–H groups in total. The molecule has 1 aromatic carbocycles. The standard InChI is InChI=1S/C18H24FN5O2/c1-13(23-8-10-26-11-9-23)2-7-18-21-17(12-16(20)25)22-24(18)15-5-3-14(19)4-6-15/h3-6,13H,2,7-12H2,1H3,(H2,20,25). The van der Waals surface area contributed by atoms with Gasteiger partial charge in [0.25, 0.3) is 0 Å². The molecule has 1 saturated heterocycles. The Bertz CT molecular complexity index is 741. The van der Waals surface area contributed by atoms with E-state index >= 15 is 0 Å². The van der Waals surface area contributed by atoms with E-state index in [0.717, 1.165) is 38.5 Å². The van der Waals surface area contributed by atoms with Crippen LogP contribution in [0.2, 0.25) is 0 Å². The predicted molar refractivity (Wildman–Crippen MR) is 94.4 cm³/mol. The van der Waals surface area contributed by atoms with Crippen LogP contribution in [0, 0.1) is 5.82 Å². The van der Waals surface area contributed by atoms with Crippen LogP contribution in [-0.2, 0) is 22.4 Å². The molecule has 2 heterocycles. The SMILES string of the molecule is CC(CCc1nc(CC(N)=O)nn1-c1ccc(F)cc1)N1CCOCC1. The highest BCUT2D eigenvalue weighted by molar-refractivity contribution is 5.75. The highest BCUT2D eigenvalue weighted by atomic mass is 19.1. The van der Waals surface area contributed by atoms with Crippen molar-refractivity contribution in [3.8, 4) is 5.69 Å². The molecule has 2 aromatic rings. The maximum absolute atomic E-state index is 13.2. The lowest BCUT2D eigenvalue weighted by Crippen LogP contribution is -2.42. The summed E-state index contributed by atoms with van der Waals surface area (Å²) in [7, 11) is 0. The summed E-state index contributed by atoms with van der Waals surface area (Å²) in [6.45, 7) is 5.57. The van der Waals surface area contributed by atoms with Crippen molar-refractivity contribution in [3.63, 3.8) is 0 Å². The molecule has 0 bridgehead atoms. The van der Waals surface area contributed by atoms with Gasteiger partial charge < -0.3 is 10.5 Å². The van der Waals surface area contributed by atoms with Gasteiger partial charge in [0.15, 0.2) is 5.82 Å². The Kier molecular flexibility index (Phi) is 5.95. The Morgan fingerprint density at radius 1 is 1.31 bits per heavy atom. The van der Waals surface area contributed by atoms with Crippen LogP contribution in [0.4, 0.5) is 4.39 Å². The zero-order valence-corrected chi connectivity index (χ0v) is 14.9. The number of nitrogens with two attached hydrogens (primary N) is 1. The number of rotatable bonds is 7. The van der Waals surface area contributed by atoms with E-state index in [9.17, 15) is 9.18 Å². The minimum atomic E-state index is -0.477. The highest BCUT2D eigenvalue weighted by Gasteiger charge is 2.19. The quantitative estimate of drug-likeness (QED) is 0.798. The third-order valence-corrected chi connectivity index (χ3v) is 4.58. The molecule has 0 radical (unpaired) electrons. The van der Waals surface area contributed by atoms with E-state index in [2.05, 4.69) is 21.9 Å². The Morgan fingerprint density at radius 2 is 2.00 bits per heavy atom. The van der Waals surface area contributed by atoms with Crippen molar-refractivity contribution in [3.05, 3.63) is 41.7 Å². The molecule has 1 unspecified atom stereocenters. The van der Waals surface area contributed by atoms with Crippen LogP contribution in [0.5, 0.6) is 0 Å². The van der Waals surface area contributed by atoms with Crippen molar-refractivity contribution in [2.45, 2.75) is 32.2 Å². The molecule has 1 atom stereocenters. The lowest BCUT2D eigenvalue weighted by molar-refractivity contribution is -0.117. The molecule has 26 heavy (non-hydrogen) atoms. The van der Waals surface area contributed by atoms with Crippen LogP contribution < -0.4 is 5.73 Å². The molecular weight excluding hydrogens is 337 g/mol. The minimum absolute atomic E-state index is 0.0137. The number of hydrogen-bond donors (Lipinski definition) is 1. The Hall–Kier alpha value is -2.32. The average Bonchev–Trinajstić information content (AvgIpc) is 3.03. The van der Waals surface area contributed by atoms with E-state index < -0.39 is 5.91 Å². The van der Waals surface area contributed by atoms with Gasteiger partial charge in [0.2, 0.25) is 5.91 Å². The monoisotopic (exact) mass is 361 g/mol. The van der Waals surface area contributed by atoms with Gasteiger partial charge in [-0.1, -0.05) is 0 Å². The number of aryl methyl sites for hydroxylation is 1. The smallest absolute Gasteiger partial charge is 0.225 e. The van der Waals surface area contributed by atoms with E-state index in [-0.39, 0.29) is 12.2 Å². The first-order chi connectivity index (χ1) is 12.5. The number of amides is 1. The number of ether oxygens (including phenoxy) is 1. The normalized spacial score (nSPS) is 16.5. The number of aromatic nitrogens is 3. The van der Waals surface area contributed by atoms with Crippen LogP contribution in [0.1, 0.15) is 25.0 Å². The lowest BCUT2D eigenvalue weighted by atomic mass is 10.1. The van der Waals surface area contributed by atoms with Gasteiger partial charge in [-0.2, -0.15) is 5.10 Å². The van der Waals surface area contributed by atoms with Crippen LogP contribution in [0.25, 0.3) is 5.69 Å². The summed E-state index contributed by atoms with van der Waals surface area (Å²) in [6, 6.07) is 6.44. The van der Waals surface area contributed by atoms with E-state index in [4.69, 9.17) is 10.5 Å². The number of carbonyl (C=O) groups is 1. The maximum Gasteiger partial charge on any atom is 0.225 e. The summed E-state index contributed by atoms with van der Waals surface area (Å²) >= 11 is 0. The first-order valence-electron chi connectivity index (χ1n) is 8.84. The molecule has 1 fully saturated rings. The molecular formula is C18H24FN5O2. The summed E-state index contributed by atoms with van der Waals surface area (Å²) in [5.41, 5.74) is 5.98. The Labute approximate surface area is 151 Å².